The van der Waals surface area contributed by atoms with Crippen LogP contribution in [0.25, 0.3) is 22.4 Å². The summed E-state index contributed by atoms with van der Waals surface area (Å²) in [6.45, 7) is 0.730. The van der Waals surface area contributed by atoms with Gasteiger partial charge in [0.05, 0.1) is 16.3 Å². The summed E-state index contributed by atoms with van der Waals surface area (Å²) in [6, 6.07) is 13.7. The molecule has 0 radical (unpaired) electrons. The fourth-order valence-electron chi connectivity index (χ4n) is 2.92. The van der Waals surface area contributed by atoms with E-state index in [1.165, 1.54) is 0 Å². The molecule has 104 valence electrons. The van der Waals surface area contributed by atoms with Gasteiger partial charge >= 0.3 is 0 Å². The SMILES string of the molecule is ON=C1CCn2c(-c3ccccc3)nc3c(Cl)ccc1c32. The minimum atomic E-state index is 0.615. The van der Waals surface area contributed by atoms with Crippen molar-refractivity contribution in [2.75, 3.05) is 0 Å². The summed E-state index contributed by atoms with van der Waals surface area (Å²) in [5.41, 5.74) is 4.34. The maximum absolute atomic E-state index is 9.19. The number of aromatic nitrogens is 2. The summed E-state index contributed by atoms with van der Waals surface area (Å²) in [6.07, 6.45) is 0.677. The van der Waals surface area contributed by atoms with E-state index in [1.807, 2.05) is 42.5 Å². The van der Waals surface area contributed by atoms with E-state index in [1.54, 1.807) is 0 Å². The van der Waals surface area contributed by atoms with Gasteiger partial charge in [0.15, 0.2) is 0 Å². The maximum Gasteiger partial charge on any atom is 0.141 e. The Balaban J connectivity index is 2.10. The minimum absolute atomic E-state index is 0.615. The summed E-state index contributed by atoms with van der Waals surface area (Å²) < 4.78 is 2.15. The zero-order chi connectivity index (χ0) is 14.4. The Bertz CT molecular complexity index is 868. The first-order valence-electron chi connectivity index (χ1n) is 6.75. The summed E-state index contributed by atoms with van der Waals surface area (Å²) in [5.74, 6) is 0.900. The Labute approximate surface area is 126 Å². The molecular formula is C16H12ClN3O. The third-order valence-corrected chi connectivity index (χ3v) is 4.19. The Morgan fingerprint density at radius 1 is 1.14 bits per heavy atom. The second-order valence-corrected chi connectivity index (χ2v) is 5.45. The van der Waals surface area contributed by atoms with E-state index in [-0.39, 0.29) is 0 Å². The Morgan fingerprint density at radius 3 is 2.71 bits per heavy atom. The molecule has 1 aliphatic rings. The fraction of sp³-hybridized carbons (Fsp3) is 0.125. The monoisotopic (exact) mass is 297 g/mol. The van der Waals surface area contributed by atoms with Gasteiger partial charge in [-0.25, -0.2) is 4.98 Å². The molecule has 2 aromatic carbocycles. The van der Waals surface area contributed by atoms with Crippen LogP contribution in [0.1, 0.15) is 12.0 Å². The molecule has 0 fully saturated rings. The van der Waals surface area contributed by atoms with Gasteiger partial charge in [0, 0.05) is 24.1 Å². The molecular weight excluding hydrogens is 286 g/mol. The number of hydrogen-bond donors (Lipinski definition) is 1. The maximum atomic E-state index is 9.19. The van der Waals surface area contributed by atoms with Crippen molar-refractivity contribution in [2.45, 2.75) is 13.0 Å². The predicted molar refractivity (Wildman–Crippen MR) is 83.1 cm³/mol. The fourth-order valence-corrected chi connectivity index (χ4v) is 3.12. The van der Waals surface area contributed by atoms with Gasteiger partial charge in [-0.2, -0.15) is 0 Å². The van der Waals surface area contributed by atoms with Crippen molar-refractivity contribution in [2.24, 2.45) is 5.16 Å². The highest BCUT2D eigenvalue weighted by Crippen LogP contribution is 2.34. The molecule has 2 heterocycles. The van der Waals surface area contributed by atoms with Gasteiger partial charge in [-0.3, -0.25) is 0 Å². The van der Waals surface area contributed by atoms with Crippen LogP contribution in [0.4, 0.5) is 0 Å². The van der Waals surface area contributed by atoms with Crippen molar-refractivity contribution in [3.63, 3.8) is 0 Å². The van der Waals surface area contributed by atoms with E-state index in [4.69, 9.17) is 16.6 Å². The molecule has 0 bridgehead atoms. The van der Waals surface area contributed by atoms with E-state index < -0.39 is 0 Å². The third-order valence-electron chi connectivity index (χ3n) is 3.88. The lowest BCUT2D eigenvalue weighted by atomic mass is 10.0. The summed E-state index contributed by atoms with van der Waals surface area (Å²) in [4.78, 5) is 4.72. The quantitative estimate of drug-likeness (QED) is 0.546. The first-order chi connectivity index (χ1) is 10.3. The predicted octanol–water partition coefficient (Wildman–Crippen LogP) is 3.94. The van der Waals surface area contributed by atoms with Gasteiger partial charge in [-0.1, -0.05) is 47.1 Å². The summed E-state index contributed by atoms with van der Waals surface area (Å²) >= 11 is 6.30. The molecule has 0 unspecified atom stereocenters. The van der Waals surface area contributed by atoms with Crippen molar-refractivity contribution in [1.29, 1.82) is 0 Å². The van der Waals surface area contributed by atoms with Gasteiger partial charge in [-0.05, 0) is 12.1 Å². The molecule has 0 atom stereocenters. The molecule has 4 nitrogen and oxygen atoms in total. The number of hydrogen-bond acceptors (Lipinski definition) is 3. The standard InChI is InChI=1S/C16H12ClN3O/c17-12-7-6-11-13(19-21)8-9-20-15(11)14(12)18-16(20)10-4-2-1-3-5-10/h1-7,21H,8-9H2. The second kappa shape index (κ2) is 4.60. The lowest BCUT2D eigenvalue weighted by Gasteiger charge is -2.17. The zero-order valence-electron chi connectivity index (χ0n) is 11.1. The number of halogens is 1. The summed E-state index contributed by atoms with van der Waals surface area (Å²) in [7, 11) is 0. The molecule has 1 aliphatic heterocycles. The van der Waals surface area contributed by atoms with E-state index >= 15 is 0 Å². The average Bonchev–Trinajstić information content (AvgIpc) is 2.93. The van der Waals surface area contributed by atoms with Gasteiger partial charge in [0.1, 0.15) is 11.3 Å². The van der Waals surface area contributed by atoms with Crippen LogP contribution in [0.3, 0.4) is 0 Å². The smallest absolute Gasteiger partial charge is 0.141 e. The zero-order valence-corrected chi connectivity index (χ0v) is 11.9. The van der Waals surface area contributed by atoms with Gasteiger partial charge < -0.3 is 9.77 Å². The van der Waals surface area contributed by atoms with E-state index in [0.29, 0.717) is 17.2 Å². The molecule has 0 saturated heterocycles. The second-order valence-electron chi connectivity index (χ2n) is 5.04. The van der Waals surface area contributed by atoms with Crippen molar-refractivity contribution < 1.29 is 5.21 Å². The number of benzene rings is 2. The highest BCUT2D eigenvalue weighted by Gasteiger charge is 2.24. The van der Waals surface area contributed by atoms with E-state index in [2.05, 4.69) is 9.72 Å². The lowest BCUT2D eigenvalue weighted by Crippen LogP contribution is -2.15. The molecule has 0 saturated carbocycles. The van der Waals surface area contributed by atoms with Gasteiger partial charge in [-0.15, -0.1) is 0 Å². The molecule has 0 amide bonds. The Kier molecular flexibility index (Phi) is 2.72. The summed E-state index contributed by atoms with van der Waals surface area (Å²) in [5, 5.41) is 13.2. The largest absolute Gasteiger partial charge is 0.411 e. The number of imidazole rings is 1. The molecule has 4 rings (SSSR count). The minimum Gasteiger partial charge on any atom is -0.411 e. The van der Waals surface area contributed by atoms with E-state index in [0.717, 1.165) is 34.5 Å². The average molecular weight is 298 g/mol. The van der Waals surface area contributed by atoms with Crippen LogP contribution >= 0.6 is 11.6 Å². The van der Waals surface area contributed by atoms with Crippen molar-refractivity contribution in [3.8, 4) is 11.4 Å². The number of oxime groups is 1. The highest BCUT2D eigenvalue weighted by molar-refractivity contribution is 6.35. The Morgan fingerprint density at radius 2 is 1.95 bits per heavy atom. The van der Waals surface area contributed by atoms with Crippen molar-refractivity contribution >= 4 is 28.3 Å². The van der Waals surface area contributed by atoms with Gasteiger partial charge in [0.2, 0.25) is 0 Å². The van der Waals surface area contributed by atoms with Crippen LogP contribution in [0.2, 0.25) is 5.02 Å². The number of rotatable bonds is 1. The molecule has 5 heteroatoms. The third kappa shape index (κ3) is 1.76. The molecule has 1 N–H and O–H groups in total. The lowest BCUT2D eigenvalue weighted by molar-refractivity contribution is 0.317. The number of nitrogens with zero attached hydrogens (tertiary/aromatic N) is 3. The van der Waals surface area contributed by atoms with Crippen molar-refractivity contribution in [3.05, 3.63) is 53.1 Å². The molecule has 0 aliphatic carbocycles. The topological polar surface area (TPSA) is 50.4 Å². The highest BCUT2D eigenvalue weighted by atomic mass is 35.5. The van der Waals surface area contributed by atoms with Crippen molar-refractivity contribution in [1.82, 2.24) is 9.55 Å². The van der Waals surface area contributed by atoms with Crippen LogP contribution in [0.15, 0.2) is 47.6 Å². The van der Waals surface area contributed by atoms with Crippen LogP contribution in [0.5, 0.6) is 0 Å². The van der Waals surface area contributed by atoms with E-state index in [9.17, 15) is 5.21 Å². The van der Waals surface area contributed by atoms with Gasteiger partial charge in [0.25, 0.3) is 0 Å². The molecule has 0 spiro atoms. The molecule has 3 aromatic rings. The van der Waals surface area contributed by atoms with Crippen LogP contribution in [0, 0.1) is 0 Å². The first-order valence-corrected chi connectivity index (χ1v) is 7.13. The molecule has 1 aromatic heterocycles. The normalized spacial score (nSPS) is 15.8. The van der Waals surface area contributed by atoms with Crippen LogP contribution in [-0.4, -0.2) is 20.5 Å². The van der Waals surface area contributed by atoms with Crippen LogP contribution < -0.4 is 0 Å². The molecule has 21 heavy (non-hydrogen) atoms. The Hall–Kier alpha value is -2.33. The number of aryl methyl sites for hydroxylation is 1. The first kappa shape index (κ1) is 12.4. The van der Waals surface area contributed by atoms with Crippen LogP contribution in [-0.2, 0) is 6.54 Å².